The molecule has 3 heterocycles. The average Bonchev–Trinajstić information content (AvgIpc) is 2.82. The number of nitrogen functional groups attached to an aromatic ring is 2. The number of nitrogens with two attached hydrogens (primary N) is 2. The fourth-order valence-electron chi connectivity index (χ4n) is 2.35. The first-order chi connectivity index (χ1) is 11.7. The maximum absolute atomic E-state index is 13.0. The predicted molar refractivity (Wildman–Crippen MR) is 86.6 cm³/mol. The summed E-state index contributed by atoms with van der Waals surface area (Å²) >= 11 is 0. The first kappa shape index (κ1) is 16.6. The molecule has 0 saturated carbocycles. The fraction of sp³-hybridized carbons (Fsp3) is 0.133. The molecule has 0 bridgehead atoms. The summed E-state index contributed by atoms with van der Waals surface area (Å²) < 4.78 is 40.4. The van der Waals surface area contributed by atoms with Crippen LogP contribution in [0.2, 0.25) is 0 Å². The summed E-state index contributed by atoms with van der Waals surface area (Å²) in [6.07, 6.45) is -1.85. The van der Waals surface area contributed by atoms with Crippen LogP contribution in [0.25, 0.3) is 16.8 Å². The van der Waals surface area contributed by atoms with E-state index in [1.165, 1.54) is 23.7 Å². The molecule has 10 heteroatoms. The molecule has 0 fully saturated rings. The van der Waals surface area contributed by atoms with Gasteiger partial charge in [-0.2, -0.15) is 13.2 Å². The topological polar surface area (TPSA) is 111 Å². The molecule has 0 aromatic carbocycles. The Labute approximate surface area is 139 Å². The number of halogens is 3. The second-order valence-electron chi connectivity index (χ2n) is 5.33. The predicted octanol–water partition coefficient (Wildman–Crippen LogP) is 2.54. The van der Waals surface area contributed by atoms with Gasteiger partial charge in [-0.15, -0.1) is 0 Å². The molecule has 0 atom stereocenters. The normalized spacial score (nSPS) is 11.7. The van der Waals surface area contributed by atoms with E-state index >= 15 is 0 Å². The van der Waals surface area contributed by atoms with E-state index in [0.29, 0.717) is 11.2 Å². The highest BCUT2D eigenvalue weighted by Crippen LogP contribution is 2.35. The minimum Gasteiger partial charge on any atom is -0.383 e. The van der Waals surface area contributed by atoms with Gasteiger partial charge in [0, 0.05) is 30.4 Å². The zero-order valence-electron chi connectivity index (χ0n) is 12.9. The number of hydrogen-bond acceptors (Lipinski definition) is 5. The summed E-state index contributed by atoms with van der Waals surface area (Å²) in [5.41, 5.74) is 11.3. The van der Waals surface area contributed by atoms with Gasteiger partial charge in [-0.25, -0.2) is 9.97 Å². The van der Waals surface area contributed by atoms with Crippen LogP contribution in [-0.4, -0.2) is 20.3 Å². The molecule has 0 spiro atoms. The Balaban J connectivity index is 2.11. The van der Waals surface area contributed by atoms with Crippen LogP contribution in [0.4, 0.5) is 30.6 Å². The minimum atomic E-state index is -4.61. The molecule has 0 aliphatic heterocycles. The van der Waals surface area contributed by atoms with E-state index in [2.05, 4.69) is 15.3 Å². The monoisotopic (exact) mass is 350 g/mol. The highest BCUT2D eigenvalue weighted by atomic mass is 19.4. The first-order valence-electron chi connectivity index (χ1n) is 7.05. The van der Waals surface area contributed by atoms with Gasteiger partial charge in [0.1, 0.15) is 11.5 Å². The van der Waals surface area contributed by atoms with Crippen molar-refractivity contribution in [1.82, 2.24) is 14.4 Å². The first-order valence-corrected chi connectivity index (χ1v) is 7.05. The second kappa shape index (κ2) is 5.65. The van der Waals surface area contributed by atoms with E-state index in [1.54, 1.807) is 12.1 Å². The lowest BCUT2D eigenvalue weighted by Crippen LogP contribution is -2.10. The number of amides is 1. The Morgan fingerprint density at radius 1 is 1.24 bits per heavy atom. The molecule has 0 aliphatic rings. The number of fused-ring (bicyclic) bond motifs is 1. The van der Waals surface area contributed by atoms with E-state index < -0.39 is 17.6 Å². The van der Waals surface area contributed by atoms with Crippen molar-refractivity contribution >= 4 is 29.0 Å². The van der Waals surface area contributed by atoms with Crippen molar-refractivity contribution in [2.75, 3.05) is 16.8 Å². The summed E-state index contributed by atoms with van der Waals surface area (Å²) in [5, 5.41) is 2.48. The molecular formula is C15H13F3N6O. The Bertz CT molecular complexity index is 979. The standard InChI is InChI=1S/C15H13F3N6O/c1-7(25)22-14-13(20)24-6-8(2-3-11(24)23-14)9-4-10(15(16,17)18)12(19)21-5-9/h2-6H,20H2,1H3,(H2,19,21)(H,22,25). The number of pyridine rings is 2. The molecule has 3 aromatic heterocycles. The lowest BCUT2D eigenvalue weighted by Gasteiger charge is -2.11. The third-order valence-electron chi connectivity index (χ3n) is 3.51. The zero-order chi connectivity index (χ0) is 18.4. The number of carbonyl (C=O) groups excluding carboxylic acids is 1. The molecule has 0 saturated heterocycles. The van der Waals surface area contributed by atoms with Crippen LogP contribution in [0.5, 0.6) is 0 Å². The van der Waals surface area contributed by atoms with Crippen molar-refractivity contribution in [3.8, 4) is 11.1 Å². The van der Waals surface area contributed by atoms with Crippen LogP contribution < -0.4 is 16.8 Å². The molecule has 7 nitrogen and oxygen atoms in total. The van der Waals surface area contributed by atoms with Crippen molar-refractivity contribution in [1.29, 1.82) is 0 Å². The molecule has 130 valence electrons. The molecule has 3 rings (SSSR count). The molecule has 0 aliphatic carbocycles. The van der Waals surface area contributed by atoms with E-state index in [0.717, 1.165) is 6.07 Å². The minimum absolute atomic E-state index is 0.159. The molecular weight excluding hydrogens is 337 g/mol. The van der Waals surface area contributed by atoms with Crippen LogP contribution in [0, 0.1) is 0 Å². The molecule has 1 amide bonds. The van der Waals surface area contributed by atoms with Crippen LogP contribution >= 0.6 is 0 Å². The maximum atomic E-state index is 13.0. The van der Waals surface area contributed by atoms with E-state index in [4.69, 9.17) is 11.5 Å². The Morgan fingerprint density at radius 3 is 2.60 bits per heavy atom. The molecule has 3 aromatic rings. The SMILES string of the molecule is CC(=O)Nc1nc2ccc(-c3cnc(N)c(C(F)(F)F)c3)cn2c1N. The highest BCUT2D eigenvalue weighted by molar-refractivity contribution is 5.91. The Hall–Kier alpha value is -3.30. The number of aromatic nitrogens is 3. The largest absolute Gasteiger partial charge is 0.419 e. The van der Waals surface area contributed by atoms with E-state index in [1.807, 2.05) is 0 Å². The van der Waals surface area contributed by atoms with Crippen molar-refractivity contribution < 1.29 is 18.0 Å². The lowest BCUT2D eigenvalue weighted by atomic mass is 10.1. The van der Waals surface area contributed by atoms with Crippen molar-refractivity contribution in [3.05, 3.63) is 36.2 Å². The van der Waals surface area contributed by atoms with Gasteiger partial charge in [-0.1, -0.05) is 0 Å². The van der Waals surface area contributed by atoms with E-state index in [9.17, 15) is 18.0 Å². The van der Waals surface area contributed by atoms with Crippen LogP contribution in [0.15, 0.2) is 30.6 Å². The maximum Gasteiger partial charge on any atom is 0.419 e. The van der Waals surface area contributed by atoms with Gasteiger partial charge in [-0.05, 0) is 18.2 Å². The zero-order valence-corrected chi connectivity index (χ0v) is 12.9. The number of anilines is 3. The number of carbonyl (C=O) groups is 1. The lowest BCUT2D eigenvalue weighted by molar-refractivity contribution is -0.137. The Kier molecular flexibility index (Phi) is 3.74. The van der Waals surface area contributed by atoms with E-state index in [-0.39, 0.29) is 23.1 Å². The molecule has 25 heavy (non-hydrogen) atoms. The number of nitrogens with one attached hydrogen (secondary N) is 1. The number of hydrogen-bond donors (Lipinski definition) is 3. The Morgan fingerprint density at radius 2 is 1.96 bits per heavy atom. The summed E-state index contributed by atoms with van der Waals surface area (Å²) in [7, 11) is 0. The smallest absolute Gasteiger partial charge is 0.383 e. The van der Waals surface area contributed by atoms with Gasteiger partial charge < -0.3 is 16.8 Å². The molecule has 0 unspecified atom stereocenters. The summed E-state index contributed by atoms with van der Waals surface area (Å²) in [6.45, 7) is 1.31. The number of rotatable bonds is 2. The van der Waals surface area contributed by atoms with Gasteiger partial charge in [0.15, 0.2) is 11.6 Å². The number of nitrogens with zero attached hydrogens (tertiary/aromatic N) is 3. The van der Waals surface area contributed by atoms with Crippen molar-refractivity contribution in [2.24, 2.45) is 0 Å². The molecule has 5 N–H and O–H groups in total. The summed E-state index contributed by atoms with van der Waals surface area (Å²) in [4.78, 5) is 18.9. The van der Waals surface area contributed by atoms with Gasteiger partial charge >= 0.3 is 6.18 Å². The average molecular weight is 350 g/mol. The van der Waals surface area contributed by atoms with Gasteiger partial charge in [0.25, 0.3) is 0 Å². The third kappa shape index (κ3) is 3.05. The number of imidazole rings is 1. The number of alkyl halides is 3. The van der Waals surface area contributed by atoms with Crippen LogP contribution in [-0.2, 0) is 11.0 Å². The molecule has 0 radical (unpaired) electrons. The quantitative estimate of drug-likeness (QED) is 0.658. The summed E-state index contributed by atoms with van der Waals surface area (Å²) in [5.74, 6) is -0.595. The van der Waals surface area contributed by atoms with Crippen molar-refractivity contribution in [2.45, 2.75) is 13.1 Å². The second-order valence-corrected chi connectivity index (χ2v) is 5.33. The fourth-order valence-corrected chi connectivity index (χ4v) is 2.35. The van der Waals surface area contributed by atoms with Crippen molar-refractivity contribution in [3.63, 3.8) is 0 Å². The van der Waals surface area contributed by atoms with Gasteiger partial charge in [0.2, 0.25) is 5.91 Å². The van der Waals surface area contributed by atoms with Gasteiger partial charge in [0.05, 0.1) is 5.56 Å². The third-order valence-corrected chi connectivity index (χ3v) is 3.51. The van der Waals surface area contributed by atoms with Crippen LogP contribution in [0.1, 0.15) is 12.5 Å². The highest BCUT2D eigenvalue weighted by Gasteiger charge is 2.34. The van der Waals surface area contributed by atoms with Crippen LogP contribution in [0.3, 0.4) is 0 Å². The summed E-state index contributed by atoms with van der Waals surface area (Å²) in [6, 6.07) is 4.07. The van der Waals surface area contributed by atoms with Gasteiger partial charge in [-0.3, -0.25) is 9.20 Å².